The van der Waals surface area contributed by atoms with Crippen LogP contribution in [0.15, 0.2) is 36.8 Å². The fourth-order valence-corrected chi connectivity index (χ4v) is 3.06. The van der Waals surface area contributed by atoms with Crippen LogP contribution in [0.3, 0.4) is 0 Å². The predicted molar refractivity (Wildman–Crippen MR) is 94.8 cm³/mol. The van der Waals surface area contributed by atoms with Crippen molar-refractivity contribution in [2.45, 2.75) is 32.4 Å². The molecule has 0 aromatic carbocycles. The highest BCUT2D eigenvalue weighted by Gasteiger charge is 2.13. The summed E-state index contributed by atoms with van der Waals surface area (Å²) in [6.45, 7) is 8.12. The van der Waals surface area contributed by atoms with E-state index >= 15 is 0 Å². The highest BCUT2D eigenvalue weighted by Crippen LogP contribution is 2.21. The van der Waals surface area contributed by atoms with Crippen molar-refractivity contribution in [1.29, 1.82) is 0 Å². The number of halogens is 1. The summed E-state index contributed by atoms with van der Waals surface area (Å²) in [6.07, 6.45) is 4.88. The SMILES string of the molecule is C[Si](C)(C)CCOCn1ccc2ncc(-c3cccnc3F)nc21. The van der Waals surface area contributed by atoms with E-state index in [9.17, 15) is 4.39 Å². The lowest BCUT2D eigenvalue weighted by molar-refractivity contribution is 0.0899. The van der Waals surface area contributed by atoms with Gasteiger partial charge in [0.1, 0.15) is 12.2 Å². The fraction of sp³-hybridized carbons (Fsp3) is 0.353. The van der Waals surface area contributed by atoms with Crippen molar-refractivity contribution in [1.82, 2.24) is 19.5 Å². The Labute approximate surface area is 141 Å². The smallest absolute Gasteiger partial charge is 0.222 e. The minimum absolute atomic E-state index is 0.347. The van der Waals surface area contributed by atoms with Gasteiger partial charge in [-0.1, -0.05) is 19.6 Å². The van der Waals surface area contributed by atoms with Crippen LogP contribution in [-0.2, 0) is 11.5 Å². The van der Waals surface area contributed by atoms with Crippen LogP contribution in [0, 0.1) is 5.95 Å². The minimum Gasteiger partial charge on any atom is -0.361 e. The highest BCUT2D eigenvalue weighted by atomic mass is 28.3. The summed E-state index contributed by atoms with van der Waals surface area (Å²) in [7, 11) is -1.10. The monoisotopic (exact) mass is 344 g/mol. The van der Waals surface area contributed by atoms with Gasteiger partial charge in [-0.2, -0.15) is 4.39 Å². The van der Waals surface area contributed by atoms with E-state index in [0.717, 1.165) is 18.2 Å². The molecule has 24 heavy (non-hydrogen) atoms. The lowest BCUT2D eigenvalue weighted by Gasteiger charge is -2.15. The second kappa shape index (κ2) is 6.78. The van der Waals surface area contributed by atoms with E-state index in [2.05, 4.69) is 34.6 Å². The largest absolute Gasteiger partial charge is 0.361 e. The van der Waals surface area contributed by atoms with E-state index in [1.54, 1.807) is 18.3 Å². The summed E-state index contributed by atoms with van der Waals surface area (Å²) in [6, 6.07) is 6.33. The fourth-order valence-electron chi connectivity index (χ4n) is 2.30. The number of ether oxygens (including phenoxy) is 1. The molecule has 0 atom stereocenters. The maximum atomic E-state index is 13.9. The average molecular weight is 344 g/mol. The molecule has 0 bridgehead atoms. The van der Waals surface area contributed by atoms with Crippen LogP contribution in [0.25, 0.3) is 22.4 Å². The Kier molecular flexibility index (Phi) is 4.73. The van der Waals surface area contributed by atoms with E-state index in [1.807, 2.05) is 16.8 Å². The average Bonchev–Trinajstić information content (AvgIpc) is 2.93. The van der Waals surface area contributed by atoms with Gasteiger partial charge in [-0.25, -0.2) is 9.97 Å². The van der Waals surface area contributed by atoms with Crippen LogP contribution >= 0.6 is 0 Å². The van der Waals surface area contributed by atoms with Gasteiger partial charge in [-0.05, 0) is 24.2 Å². The van der Waals surface area contributed by atoms with Crippen LogP contribution in [0.5, 0.6) is 0 Å². The van der Waals surface area contributed by atoms with E-state index in [4.69, 9.17) is 4.74 Å². The Morgan fingerprint density at radius 3 is 2.79 bits per heavy atom. The number of rotatable bonds is 6. The van der Waals surface area contributed by atoms with Gasteiger partial charge in [0, 0.05) is 27.1 Å². The first-order valence-electron chi connectivity index (χ1n) is 7.94. The summed E-state index contributed by atoms with van der Waals surface area (Å²) in [4.78, 5) is 12.6. The van der Waals surface area contributed by atoms with Crippen LogP contribution in [-0.4, -0.2) is 34.2 Å². The number of nitrogens with zero attached hydrogens (tertiary/aromatic N) is 4. The lowest BCUT2D eigenvalue weighted by atomic mass is 10.2. The van der Waals surface area contributed by atoms with Crippen LogP contribution in [0.4, 0.5) is 4.39 Å². The summed E-state index contributed by atoms with van der Waals surface area (Å²) < 4.78 is 21.5. The number of aromatic nitrogens is 4. The third-order valence-corrected chi connectivity index (χ3v) is 5.43. The molecule has 3 aromatic heterocycles. The van der Waals surface area contributed by atoms with E-state index in [0.29, 0.717) is 23.6 Å². The molecule has 0 N–H and O–H groups in total. The van der Waals surface area contributed by atoms with Crippen LogP contribution in [0.1, 0.15) is 0 Å². The van der Waals surface area contributed by atoms with Crippen molar-refractivity contribution in [3.63, 3.8) is 0 Å². The van der Waals surface area contributed by atoms with Crippen LogP contribution < -0.4 is 0 Å². The van der Waals surface area contributed by atoms with E-state index in [1.165, 1.54) is 6.20 Å². The molecule has 0 aliphatic rings. The number of hydrogen-bond acceptors (Lipinski definition) is 4. The second-order valence-electron chi connectivity index (χ2n) is 6.94. The molecule has 0 saturated carbocycles. The highest BCUT2D eigenvalue weighted by molar-refractivity contribution is 6.76. The predicted octanol–water partition coefficient (Wildman–Crippen LogP) is 3.94. The zero-order valence-corrected chi connectivity index (χ0v) is 15.2. The van der Waals surface area contributed by atoms with Crippen molar-refractivity contribution in [2.24, 2.45) is 0 Å². The first-order chi connectivity index (χ1) is 11.4. The van der Waals surface area contributed by atoms with Gasteiger partial charge in [0.15, 0.2) is 5.65 Å². The van der Waals surface area contributed by atoms with Gasteiger partial charge in [-0.3, -0.25) is 4.98 Å². The maximum Gasteiger partial charge on any atom is 0.222 e. The van der Waals surface area contributed by atoms with Gasteiger partial charge < -0.3 is 9.30 Å². The third-order valence-electron chi connectivity index (χ3n) is 3.73. The molecule has 0 spiro atoms. The van der Waals surface area contributed by atoms with Crippen molar-refractivity contribution in [3.8, 4) is 11.3 Å². The first kappa shape index (κ1) is 16.7. The zero-order valence-electron chi connectivity index (χ0n) is 14.2. The molecule has 0 saturated heterocycles. The topological polar surface area (TPSA) is 52.8 Å². The van der Waals surface area contributed by atoms with Gasteiger partial charge in [-0.15, -0.1) is 0 Å². The molecule has 0 amide bonds. The molecule has 7 heteroatoms. The normalized spacial score (nSPS) is 12.0. The Morgan fingerprint density at radius 1 is 1.21 bits per heavy atom. The Bertz CT molecular complexity index is 844. The van der Waals surface area contributed by atoms with Gasteiger partial charge in [0.2, 0.25) is 5.95 Å². The standard InChI is InChI=1S/C17H21FN4OSi/c1-24(2,3)10-9-23-12-22-8-6-14-17(22)21-15(11-20-14)13-5-4-7-19-16(13)18/h4-8,11H,9-10,12H2,1-3H3. The molecule has 0 aliphatic carbocycles. The molecule has 3 heterocycles. The molecule has 0 radical (unpaired) electrons. The summed E-state index contributed by atoms with van der Waals surface area (Å²) in [5.74, 6) is -0.546. The summed E-state index contributed by atoms with van der Waals surface area (Å²) in [5.41, 5.74) is 2.26. The minimum atomic E-state index is -1.10. The maximum absolute atomic E-state index is 13.9. The van der Waals surface area contributed by atoms with Crippen LogP contribution in [0.2, 0.25) is 25.7 Å². The quantitative estimate of drug-likeness (QED) is 0.386. The summed E-state index contributed by atoms with van der Waals surface area (Å²) >= 11 is 0. The van der Waals surface area contributed by atoms with E-state index in [-0.39, 0.29) is 0 Å². The van der Waals surface area contributed by atoms with Crippen molar-refractivity contribution >= 4 is 19.2 Å². The van der Waals surface area contributed by atoms with Gasteiger partial charge in [0.05, 0.1) is 17.5 Å². The molecule has 0 aliphatic heterocycles. The Morgan fingerprint density at radius 2 is 2.04 bits per heavy atom. The number of hydrogen-bond donors (Lipinski definition) is 0. The molecular weight excluding hydrogens is 323 g/mol. The Hall–Kier alpha value is -2.12. The van der Waals surface area contributed by atoms with Gasteiger partial charge >= 0.3 is 0 Å². The van der Waals surface area contributed by atoms with E-state index < -0.39 is 14.0 Å². The van der Waals surface area contributed by atoms with Crippen molar-refractivity contribution in [3.05, 3.63) is 42.7 Å². The molecule has 3 rings (SSSR count). The second-order valence-corrected chi connectivity index (χ2v) is 12.6. The lowest BCUT2D eigenvalue weighted by Crippen LogP contribution is -2.22. The van der Waals surface area contributed by atoms with Crippen molar-refractivity contribution in [2.75, 3.05) is 6.61 Å². The molecule has 0 unspecified atom stereocenters. The number of pyridine rings is 1. The summed E-state index contributed by atoms with van der Waals surface area (Å²) in [5, 5.41) is 0. The zero-order chi connectivity index (χ0) is 17.2. The Balaban J connectivity index is 1.80. The molecular formula is C17H21FN4OSi. The third kappa shape index (κ3) is 3.85. The molecule has 5 nitrogen and oxygen atoms in total. The molecule has 126 valence electrons. The first-order valence-corrected chi connectivity index (χ1v) is 11.7. The molecule has 3 aromatic rings. The van der Waals surface area contributed by atoms with Gasteiger partial charge in [0.25, 0.3) is 0 Å². The van der Waals surface area contributed by atoms with Crippen molar-refractivity contribution < 1.29 is 9.13 Å². The number of fused-ring (bicyclic) bond motifs is 1. The molecule has 0 fully saturated rings.